The van der Waals surface area contributed by atoms with Crippen LogP contribution in [0.25, 0.3) is 11.6 Å². The van der Waals surface area contributed by atoms with E-state index in [9.17, 15) is 4.79 Å². The van der Waals surface area contributed by atoms with Gasteiger partial charge in [0.1, 0.15) is 0 Å². The van der Waals surface area contributed by atoms with Gasteiger partial charge in [0.25, 0.3) is 0 Å². The molecule has 0 unspecified atom stereocenters. The number of carbonyl (C=O) groups excluding carboxylic acids is 1. The predicted molar refractivity (Wildman–Crippen MR) is 61.6 cm³/mol. The molecule has 1 aliphatic rings. The van der Waals surface area contributed by atoms with E-state index in [0.29, 0.717) is 37.0 Å². The van der Waals surface area contributed by atoms with Crippen LogP contribution in [0.2, 0.25) is 0 Å². The summed E-state index contributed by atoms with van der Waals surface area (Å²) in [5.74, 6) is 1.93. The van der Waals surface area contributed by atoms with Crippen LogP contribution in [0.4, 0.5) is 0 Å². The van der Waals surface area contributed by atoms with Crippen LogP contribution in [-0.2, 0) is 4.79 Å². The average Bonchev–Trinajstić information content (AvgIpc) is 2.96. The molecule has 6 heteroatoms. The van der Waals surface area contributed by atoms with Crippen LogP contribution in [0.5, 0.6) is 0 Å². The summed E-state index contributed by atoms with van der Waals surface area (Å²) >= 11 is 0. The number of carbonyl (C=O) groups is 1. The van der Waals surface area contributed by atoms with Gasteiger partial charge in [-0.2, -0.15) is 4.98 Å². The highest BCUT2D eigenvalue weighted by molar-refractivity contribution is 5.76. The Morgan fingerprint density at radius 1 is 1.56 bits per heavy atom. The van der Waals surface area contributed by atoms with E-state index in [2.05, 4.69) is 10.1 Å². The SMILES string of the molecule is CCC(=O)N1CC(c2nc(-c3ccco3)no2)C1. The van der Waals surface area contributed by atoms with Gasteiger partial charge in [0.05, 0.1) is 12.2 Å². The zero-order valence-electron chi connectivity index (χ0n) is 10.00. The van der Waals surface area contributed by atoms with Crippen molar-refractivity contribution < 1.29 is 13.7 Å². The van der Waals surface area contributed by atoms with E-state index in [1.165, 1.54) is 0 Å². The van der Waals surface area contributed by atoms with Crippen molar-refractivity contribution in [2.75, 3.05) is 13.1 Å². The smallest absolute Gasteiger partial charge is 0.238 e. The summed E-state index contributed by atoms with van der Waals surface area (Å²) in [5, 5.41) is 3.87. The fourth-order valence-electron chi connectivity index (χ4n) is 1.97. The van der Waals surface area contributed by atoms with E-state index in [1.807, 2.05) is 6.92 Å². The minimum Gasteiger partial charge on any atom is -0.461 e. The molecule has 0 atom stereocenters. The maximum absolute atomic E-state index is 11.4. The fourth-order valence-corrected chi connectivity index (χ4v) is 1.97. The van der Waals surface area contributed by atoms with Gasteiger partial charge in [-0.3, -0.25) is 4.79 Å². The zero-order chi connectivity index (χ0) is 12.5. The summed E-state index contributed by atoms with van der Waals surface area (Å²) in [7, 11) is 0. The van der Waals surface area contributed by atoms with E-state index in [4.69, 9.17) is 8.94 Å². The molecule has 94 valence electrons. The van der Waals surface area contributed by atoms with Gasteiger partial charge in [0.2, 0.25) is 17.6 Å². The molecule has 18 heavy (non-hydrogen) atoms. The molecule has 0 radical (unpaired) electrons. The van der Waals surface area contributed by atoms with Gasteiger partial charge >= 0.3 is 0 Å². The zero-order valence-corrected chi connectivity index (χ0v) is 10.00. The Morgan fingerprint density at radius 2 is 2.39 bits per heavy atom. The van der Waals surface area contributed by atoms with Crippen LogP contribution < -0.4 is 0 Å². The van der Waals surface area contributed by atoms with E-state index in [0.717, 1.165) is 0 Å². The van der Waals surface area contributed by atoms with Gasteiger partial charge < -0.3 is 13.8 Å². The normalized spacial score (nSPS) is 15.7. The van der Waals surface area contributed by atoms with Crippen LogP contribution in [-0.4, -0.2) is 34.0 Å². The molecule has 2 aromatic heterocycles. The summed E-state index contributed by atoms with van der Waals surface area (Å²) < 4.78 is 10.4. The summed E-state index contributed by atoms with van der Waals surface area (Å²) in [4.78, 5) is 17.5. The third-order valence-corrected chi connectivity index (χ3v) is 3.07. The number of rotatable bonds is 3. The Balaban J connectivity index is 1.67. The topological polar surface area (TPSA) is 72.4 Å². The molecule has 0 spiro atoms. The lowest BCUT2D eigenvalue weighted by Crippen LogP contribution is -2.48. The molecular weight excluding hydrogens is 234 g/mol. The first kappa shape index (κ1) is 11.0. The average molecular weight is 247 g/mol. The highest BCUT2D eigenvalue weighted by Crippen LogP contribution is 2.27. The molecule has 0 aromatic carbocycles. The number of aromatic nitrogens is 2. The number of likely N-dealkylation sites (tertiary alicyclic amines) is 1. The Kier molecular flexibility index (Phi) is 2.62. The summed E-state index contributed by atoms with van der Waals surface area (Å²) in [6.45, 7) is 3.18. The highest BCUT2D eigenvalue weighted by Gasteiger charge is 2.35. The molecule has 1 amide bonds. The van der Waals surface area contributed by atoms with E-state index in [1.54, 1.807) is 23.3 Å². The van der Waals surface area contributed by atoms with Gasteiger partial charge in [-0.25, -0.2) is 0 Å². The predicted octanol–water partition coefficient (Wildman–Crippen LogP) is 1.67. The maximum Gasteiger partial charge on any atom is 0.238 e. The van der Waals surface area contributed by atoms with Crippen LogP contribution in [0.15, 0.2) is 27.3 Å². The molecule has 0 saturated carbocycles. The largest absolute Gasteiger partial charge is 0.461 e. The van der Waals surface area contributed by atoms with Crippen molar-refractivity contribution in [1.82, 2.24) is 15.0 Å². The molecule has 3 heterocycles. The Bertz CT molecular complexity index is 541. The second kappa shape index (κ2) is 4.29. The third kappa shape index (κ3) is 1.79. The Labute approximate surface area is 104 Å². The first-order valence-electron chi connectivity index (χ1n) is 5.93. The summed E-state index contributed by atoms with van der Waals surface area (Å²) in [6, 6.07) is 3.55. The van der Waals surface area contributed by atoms with Crippen molar-refractivity contribution in [1.29, 1.82) is 0 Å². The van der Waals surface area contributed by atoms with Crippen LogP contribution in [0, 0.1) is 0 Å². The number of hydrogen-bond acceptors (Lipinski definition) is 5. The van der Waals surface area contributed by atoms with Crippen LogP contribution >= 0.6 is 0 Å². The Morgan fingerprint density at radius 3 is 3.06 bits per heavy atom. The number of nitrogens with zero attached hydrogens (tertiary/aromatic N) is 3. The van der Waals surface area contributed by atoms with Crippen LogP contribution in [0.3, 0.4) is 0 Å². The minimum absolute atomic E-state index is 0.150. The summed E-state index contributed by atoms with van der Waals surface area (Å²) in [6.07, 6.45) is 2.10. The van der Waals surface area contributed by atoms with E-state index < -0.39 is 0 Å². The number of furan rings is 1. The lowest BCUT2D eigenvalue weighted by Gasteiger charge is -2.36. The first-order chi connectivity index (χ1) is 8.78. The molecule has 3 rings (SSSR count). The van der Waals surface area contributed by atoms with Gasteiger partial charge in [-0.1, -0.05) is 12.1 Å². The molecule has 6 nitrogen and oxygen atoms in total. The van der Waals surface area contributed by atoms with Crippen LogP contribution in [0.1, 0.15) is 25.2 Å². The second-order valence-corrected chi connectivity index (χ2v) is 4.28. The fraction of sp³-hybridized carbons (Fsp3) is 0.417. The lowest BCUT2D eigenvalue weighted by molar-refractivity contribution is -0.135. The van der Waals surface area contributed by atoms with Gasteiger partial charge in [0, 0.05) is 19.5 Å². The molecule has 0 N–H and O–H groups in total. The molecule has 1 fully saturated rings. The monoisotopic (exact) mass is 247 g/mol. The van der Waals surface area contributed by atoms with Crippen molar-refractivity contribution in [2.24, 2.45) is 0 Å². The van der Waals surface area contributed by atoms with Gasteiger partial charge in [0.15, 0.2) is 5.76 Å². The second-order valence-electron chi connectivity index (χ2n) is 4.28. The van der Waals surface area contributed by atoms with Crippen molar-refractivity contribution in [3.05, 3.63) is 24.3 Å². The number of amides is 1. The quantitative estimate of drug-likeness (QED) is 0.824. The molecule has 1 saturated heterocycles. The minimum atomic E-state index is 0.150. The van der Waals surface area contributed by atoms with E-state index in [-0.39, 0.29) is 11.8 Å². The standard InChI is InChI=1S/C12H13N3O3/c1-2-10(16)15-6-8(7-15)12-13-11(14-18-12)9-4-3-5-17-9/h3-5,8H,2,6-7H2,1H3. The van der Waals surface area contributed by atoms with Crippen molar-refractivity contribution >= 4 is 5.91 Å². The lowest BCUT2D eigenvalue weighted by atomic mass is 10.00. The maximum atomic E-state index is 11.4. The highest BCUT2D eigenvalue weighted by atomic mass is 16.5. The van der Waals surface area contributed by atoms with Crippen molar-refractivity contribution in [3.63, 3.8) is 0 Å². The molecular formula is C12H13N3O3. The summed E-state index contributed by atoms with van der Waals surface area (Å²) in [5.41, 5.74) is 0. The van der Waals surface area contributed by atoms with Crippen molar-refractivity contribution in [2.45, 2.75) is 19.3 Å². The third-order valence-electron chi connectivity index (χ3n) is 3.07. The van der Waals surface area contributed by atoms with Gasteiger partial charge in [-0.05, 0) is 12.1 Å². The van der Waals surface area contributed by atoms with Crippen molar-refractivity contribution in [3.8, 4) is 11.6 Å². The molecule has 2 aromatic rings. The van der Waals surface area contributed by atoms with Gasteiger partial charge in [-0.15, -0.1) is 0 Å². The number of hydrogen-bond donors (Lipinski definition) is 0. The first-order valence-corrected chi connectivity index (χ1v) is 5.93. The Hall–Kier alpha value is -2.11. The molecule has 0 aliphatic carbocycles. The molecule has 1 aliphatic heterocycles. The molecule has 0 bridgehead atoms. The van der Waals surface area contributed by atoms with E-state index >= 15 is 0 Å².